The van der Waals surface area contributed by atoms with E-state index in [9.17, 15) is 35.6 Å². The number of hydrogen-bond donors (Lipinski definition) is 2. The second-order valence-corrected chi connectivity index (χ2v) is 11.5. The van der Waals surface area contributed by atoms with Crippen molar-refractivity contribution in [2.24, 2.45) is 0 Å². The van der Waals surface area contributed by atoms with Gasteiger partial charge in [-0.1, -0.05) is 17.7 Å². The molecule has 1 atom stereocenters. The highest BCUT2D eigenvalue weighted by Gasteiger charge is 2.33. The van der Waals surface area contributed by atoms with Crippen LogP contribution >= 0.6 is 11.6 Å². The lowest BCUT2D eigenvalue weighted by Crippen LogP contribution is -2.31. The molecule has 4 rings (SSSR count). The number of hydrogen-bond acceptors (Lipinski definition) is 7. The van der Waals surface area contributed by atoms with Crippen molar-refractivity contribution in [3.05, 3.63) is 91.6 Å². The number of nitrogens with one attached hydrogen (secondary N) is 2. The molecular formula is C27H22ClF4N3O5S. The minimum atomic E-state index is -4.84. The van der Waals surface area contributed by atoms with Crippen molar-refractivity contribution in [1.82, 2.24) is 9.71 Å². The maximum atomic E-state index is 14.9. The molecule has 0 saturated heterocycles. The molecule has 0 aliphatic carbocycles. The summed E-state index contributed by atoms with van der Waals surface area (Å²) in [6, 6.07) is 7.13. The summed E-state index contributed by atoms with van der Waals surface area (Å²) < 4.78 is 87.4. The molecule has 8 nitrogen and oxygen atoms in total. The molecule has 0 saturated carbocycles. The zero-order chi connectivity index (χ0) is 30.4. The maximum absolute atomic E-state index is 14.9. The molecule has 0 fully saturated rings. The molecule has 2 heterocycles. The molecule has 2 N–H and O–H groups in total. The van der Waals surface area contributed by atoms with Crippen LogP contribution in [0.25, 0.3) is 22.3 Å². The molecule has 216 valence electrons. The number of rotatable bonds is 6. The summed E-state index contributed by atoms with van der Waals surface area (Å²) in [5.74, 6) is -1.99. The molecule has 0 bridgehead atoms. The molecular weight excluding hydrogens is 590 g/mol. The van der Waals surface area contributed by atoms with Crippen LogP contribution < -0.4 is 15.5 Å². The lowest BCUT2D eigenvalue weighted by atomic mass is 9.97. The Morgan fingerprint density at radius 1 is 1.10 bits per heavy atom. The van der Waals surface area contributed by atoms with E-state index in [-0.39, 0.29) is 44.3 Å². The third-order valence-electron chi connectivity index (χ3n) is 6.14. The highest BCUT2D eigenvalue weighted by atomic mass is 35.5. The number of nitrogens with zero attached hydrogens (tertiary/aromatic N) is 1. The minimum Gasteiger partial charge on any atom is -0.455 e. The Kier molecular flexibility index (Phi) is 7.89. The summed E-state index contributed by atoms with van der Waals surface area (Å²) in [5, 5.41) is 2.28. The smallest absolute Gasteiger partial charge is 0.416 e. The minimum absolute atomic E-state index is 0.0554. The first-order valence-corrected chi connectivity index (χ1v) is 14.1. The van der Waals surface area contributed by atoms with Gasteiger partial charge in [-0.2, -0.15) is 13.2 Å². The highest BCUT2D eigenvalue weighted by molar-refractivity contribution is 7.89. The van der Waals surface area contributed by atoms with E-state index in [1.165, 1.54) is 38.1 Å². The Bertz CT molecular complexity index is 1870. The van der Waals surface area contributed by atoms with Crippen molar-refractivity contribution in [2.45, 2.75) is 33.0 Å². The van der Waals surface area contributed by atoms with Gasteiger partial charge in [0.05, 0.1) is 34.5 Å². The standard InChI is InChI=1S/C27H22ClF4N3O5S/c1-12-5-6-16(19(29)9-12)24-13(2)23(36)18-11-15(27(30,31)32)10-17(25(18)40-24)14(3)33-20-7-8-21(28)34-22(20)26(37)35-41(4,38)39/h5-11,14,33H,1-4H3,(H,35,37). The summed E-state index contributed by atoms with van der Waals surface area (Å²) in [4.78, 5) is 29.8. The monoisotopic (exact) mass is 611 g/mol. The molecule has 4 aromatic rings. The number of anilines is 1. The van der Waals surface area contributed by atoms with E-state index >= 15 is 0 Å². The average Bonchev–Trinajstić information content (AvgIpc) is 2.85. The van der Waals surface area contributed by atoms with Gasteiger partial charge in [0.1, 0.15) is 22.3 Å². The molecule has 0 aliphatic rings. The second kappa shape index (κ2) is 10.8. The van der Waals surface area contributed by atoms with Gasteiger partial charge in [-0.3, -0.25) is 9.59 Å². The van der Waals surface area contributed by atoms with Gasteiger partial charge >= 0.3 is 6.18 Å². The van der Waals surface area contributed by atoms with Crippen LogP contribution in [-0.2, 0) is 16.2 Å². The Morgan fingerprint density at radius 3 is 2.39 bits per heavy atom. The normalized spacial score (nSPS) is 12.8. The van der Waals surface area contributed by atoms with Crippen LogP contribution in [-0.4, -0.2) is 25.6 Å². The fraction of sp³-hybridized carbons (Fsp3) is 0.222. The van der Waals surface area contributed by atoms with Crippen molar-refractivity contribution in [1.29, 1.82) is 0 Å². The van der Waals surface area contributed by atoms with Crippen LogP contribution in [0.5, 0.6) is 0 Å². The van der Waals surface area contributed by atoms with E-state index in [2.05, 4.69) is 10.3 Å². The first-order chi connectivity index (χ1) is 19.0. The van der Waals surface area contributed by atoms with Gasteiger partial charge in [-0.15, -0.1) is 0 Å². The van der Waals surface area contributed by atoms with Crippen LogP contribution in [0.4, 0.5) is 23.2 Å². The molecule has 0 spiro atoms. The number of fused-ring (bicyclic) bond motifs is 1. The molecule has 1 amide bonds. The highest BCUT2D eigenvalue weighted by Crippen LogP contribution is 2.38. The fourth-order valence-electron chi connectivity index (χ4n) is 4.22. The number of carbonyl (C=O) groups is 1. The van der Waals surface area contributed by atoms with Crippen LogP contribution in [0.3, 0.4) is 0 Å². The Balaban J connectivity index is 1.94. The van der Waals surface area contributed by atoms with Crippen molar-refractivity contribution < 1.29 is 35.2 Å². The molecule has 2 aromatic carbocycles. The SMILES string of the molecule is Cc1ccc(-c2oc3c(C(C)Nc4ccc(Cl)nc4C(=O)NS(C)(=O)=O)cc(C(F)(F)F)cc3c(=O)c2C)c(F)c1. The van der Waals surface area contributed by atoms with E-state index in [0.29, 0.717) is 11.6 Å². The average molecular weight is 612 g/mol. The quantitative estimate of drug-likeness (QED) is 0.198. The summed E-state index contributed by atoms with van der Waals surface area (Å²) in [5.41, 5.74) is -2.39. The number of aromatic nitrogens is 1. The van der Waals surface area contributed by atoms with Crippen LogP contribution in [0.1, 0.15) is 45.7 Å². The zero-order valence-electron chi connectivity index (χ0n) is 21.9. The molecule has 2 aromatic heterocycles. The third kappa shape index (κ3) is 6.35. The van der Waals surface area contributed by atoms with Gasteiger partial charge in [-0.05, 0) is 62.7 Å². The van der Waals surface area contributed by atoms with E-state index in [0.717, 1.165) is 12.3 Å². The predicted molar refractivity (Wildman–Crippen MR) is 146 cm³/mol. The topological polar surface area (TPSA) is 118 Å². The van der Waals surface area contributed by atoms with Crippen molar-refractivity contribution in [2.75, 3.05) is 11.6 Å². The van der Waals surface area contributed by atoms with Crippen molar-refractivity contribution in [3.63, 3.8) is 0 Å². The first kappa shape index (κ1) is 30.0. The summed E-state index contributed by atoms with van der Waals surface area (Å²) in [6.45, 7) is 4.41. The Morgan fingerprint density at radius 2 is 1.78 bits per heavy atom. The van der Waals surface area contributed by atoms with Crippen molar-refractivity contribution >= 4 is 44.2 Å². The van der Waals surface area contributed by atoms with E-state index in [1.807, 2.05) is 0 Å². The van der Waals surface area contributed by atoms with Crippen molar-refractivity contribution in [3.8, 4) is 11.3 Å². The summed E-state index contributed by atoms with van der Waals surface area (Å²) in [7, 11) is -3.99. The maximum Gasteiger partial charge on any atom is 0.416 e. The van der Waals surface area contributed by atoms with Crippen LogP contribution in [0, 0.1) is 19.7 Å². The van der Waals surface area contributed by atoms with E-state index in [4.69, 9.17) is 16.0 Å². The molecule has 0 aliphatic heterocycles. The lowest BCUT2D eigenvalue weighted by molar-refractivity contribution is -0.137. The van der Waals surface area contributed by atoms with Gasteiger partial charge in [0.25, 0.3) is 5.91 Å². The van der Waals surface area contributed by atoms with Gasteiger partial charge in [0.2, 0.25) is 10.0 Å². The molecule has 1 unspecified atom stereocenters. The molecule has 14 heteroatoms. The fourth-order valence-corrected chi connectivity index (χ4v) is 4.80. The van der Waals surface area contributed by atoms with Gasteiger partial charge in [0.15, 0.2) is 11.1 Å². The number of carbonyl (C=O) groups excluding carboxylic acids is 1. The molecule has 0 radical (unpaired) electrons. The largest absolute Gasteiger partial charge is 0.455 e. The van der Waals surface area contributed by atoms with Crippen LogP contribution in [0.15, 0.2) is 51.7 Å². The third-order valence-corrected chi connectivity index (χ3v) is 6.90. The molecule has 41 heavy (non-hydrogen) atoms. The number of amides is 1. The number of pyridine rings is 1. The number of alkyl halides is 3. The summed E-state index contributed by atoms with van der Waals surface area (Å²) >= 11 is 5.89. The number of aryl methyl sites for hydroxylation is 1. The van der Waals surface area contributed by atoms with Gasteiger partial charge in [-0.25, -0.2) is 22.5 Å². The van der Waals surface area contributed by atoms with E-state index in [1.54, 1.807) is 17.7 Å². The number of halogens is 5. The Hall–Kier alpha value is -3.97. The van der Waals surface area contributed by atoms with Gasteiger partial charge in [0, 0.05) is 11.1 Å². The lowest BCUT2D eigenvalue weighted by Gasteiger charge is -2.21. The van der Waals surface area contributed by atoms with Crippen LogP contribution in [0.2, 0.25) is 5.15 Å². The Labute approximate surface area is 236 Å². The second-order valence-electron chi connectivity index (χ2n) is 9.41. The number of sulfonamides is 1. The predicted octanol–water partition coefficient (Wildman–Crippen LogP) is 6.15. The zero-order valence-corrected chi connectivity index (χ0v) is 23.5. The first-order valence-electron chi connectivity index (χ1n) is 11.9. The summed E-state index contributed by atoms with van der Waals surface area (Å²) in [6.07, 6.45) is -4.09. The van der Waals surface area contributed by atoms with Gasteiger partial charge < -0.3 is 9.73 Å². The van der Waals surface area contributed by atoms with E-state index < -0.39 is 50.7 Å². The number of benzene rings is 2.